The van der Waals surface area contributed by atoms with Crippen LogP contribution < -0.4 is 5.32 Å². The van der Waals surface area contributed by atoms with E-state index in [1.54, 1.807) is 6.92 Å². The SMILES string of the molecule is CCOC(=O)c1c(NC(=O)COC(=O)C2=COCCO2)sc(CC)c1C. The van der Waals surface area contributed by atoms with Crippen LogP contribution in [0.1, 0.15) is 34.6 Å². The van der Waals surface area contributed by atoms with Crippen molar-refractivity contribution in [1.29, 1.82) is 0 Å². The van der Waals surface area contributed by atoms with Gasteiger partial charge in [0, 0.05) is 4.88 Å². The van der Waals surface area contributed by atoms with E-state index < -0.39 is 24.5 Å². The van der Waals surface area contributed by atoms with E-state index in [-0.39, 0.29) is 19.0 Å². The highest BCUT2D eigenvalue weighted by atomic mass is 32.1. The van der Waals surface area contributed by atoms with Gasteiger partial charge in [-0.1, -0.05) is 6.92 Å². The first-order valence-corrected chi connectivity index (χ1v) is 9.00. The normalized spacial score (nSPS) is 13.1. The van der Waals surface area contributed by atoms with Gasteiger partial charge in [-0.15, -0.1) is 11.3 Å². The van der Waals surface area contributed by atoms with E-state index in [0.717, 1.165) is 23.1 Å². The number of aryl methyl sites for hydroxylation is 1. The molecule has 1 aromatic rings. The molecule has 1 aliphatic heterocycles. The Morgan fingerprint density at radius 1 is 1.19 bits per heavy atom. The van der Waals surface area contributed by atoms with Crippen molar-refractivity contribution >= 4 is 34.2 Å². The summed E-state index contributed by atoms with van der Waals surface area (Å²) >= 11 is 1.30. The minimum atomic E-state index is -0.790. The first-order chi connectivity index (χ1) is 12.5. The molecular formula is C17H21NO7S. The molecule has 8 nitrogen and oxygen atoms in total. The van der Waals surface area contributed by atoms with Gasteiger partial charge in [0.25, 0.3) is 5.91 Å². The number of carbonyl (C=O) groups is 3. The van der Waals surface area contributed by atoms with Gasteiger partial charge in [0.1, 0.15) is 24.5 Å². The topological polar surface area (TPSA) is 100 Å². The van der Waals surface area contributed by atoms with E-state index in [2.05, 4.69) is 5.32 Å². The minimum Gasteiger partial charge on any atom is -0.493 e. The molecule has 0 bridgehead atoms. The van der Waals surface area contributed by atoms with Gasteiger partial charge in [0.15, 0.2) is 6.61 Å². The van der Waals surface area contributed by atoms with Crippen LogP contribution in [0.5, 0.6) is 0 Å². The molecule has 26 heavy (non-hydrogen) atoms. The molecule has 1 aliphatic rings. The maximum absolute atomic E-state index is 12.2. The third-order valence-electron chi connectivity index (χ3n) is 3.48. The zero-order valence-corrected chi connectivity index (χ0v) is 15.7. The Morgan fingerprint density at radius 3 is 2.58 bits per heavy atom. The fourth-order valence-electron chi connectivity index (χ4n) is 2.28. The summed E-state index contributed by atoms with van der Waals surface area (Å²) in [5, 5.41) is 3.00. The molecule has 0 fully saturated rings. The van der Waals surface area contributed by atoms with Gasteiger partial charge in [0.05, 0.1) is 12.2 Å². The Bertz CT molecular complexity index is 723. The van der Waals surface area contributed by atoms with Crippen molar-refractivity contribution < 1.29 is 33.3 Å². The average molecular weight is 383 g/mol. The number of carbonyl (C=O) groups excluding carboxylic acids is 3. The summed E-state index contributed by atoms with van der Waals surface area (Å²) < 4.78 is 20.0. The van der Waals surface area contributed by atoms with Gasteiger partial charge >= 0.3 is 11.9 Å². The van der Waals surface area contributed by atoms with Gasteiger partial charge in [0.2, 0.25) is 5.76 Å². The van der Waals surface area contributed by atoms with E-state index in [0.29, 0.717) is 17.2 Å². The zero-order valence-electron chi connectivity index (χ0n) is 14.9. The quantitative estimate of drug-likeness (QED) is 0.720. The molecular weight excluding hydrogens is 362 g/mol. The fraction of sp³-hybridized carbons (Fsp3) is 0.471. The van der Waals surface area contributed by atoms with Crippen molar-refractivity contribution in [2.24, 2.45) is 0 Å². The number of ether oxygens (including phenoxy) is 4. The largest absolute Gasteiger partial charge is 0.493 e. The Morgan fingerprint density at radius 2 is 1.96 bits per heavy atom. The molecule has 9 heteroatoms. The van der Waals surface area contributed by atoms with Crippen molar-refractivity contribution in [2.45, 2.75) is 27.2 Å². The molecule has 0 atom stereocenters. The van der Waals surface area contributed by atoms with Crippen LogP contribution in [-0.2, 0) is 35.0 Å². The minimum absolute atomic E-state index is 0.0866. The predicted octanol–water partition coefficient (Wildman–Crippen LogP) is 2.17. The maximum Gasteiger partial charge on any atom is 0.377 e. The van der Waals surface area contributed by atoms with Crippen LogP contribution in [0.15, 0.2) is 12.0 Å². The van der Waals surface area contributed by atoms with E-state index in [1.807, 2.05) is 13.8 Å². The monoisotopic (exact) mass is 383 g/mol. The standard InChI is InChI=1S/C17H21NO7S/c1-4-12-10(3)14(17(21)23-5-2)15(26-12)18-13(19)9-25-16(20)11-8-22-6-7-24-11/h8H,4-7,9H2,1-3H3,(H,18,19). The predicted molar refractivity (Wildman–Crippen MR) is 94.0 cm³/mol. The molecule has 2 rings (SSSR count). The average Bonchev–Trinajstić information content (AvgIpc) is 2.95. The molecule has 2 heterocycles. The number of rotatable bonds is 7. The Labute approximate surface area is 155 Å². The van der Waals surface area contributed by atoms with E-state index in [1.165, 1.54) is 11.3 Å². The number of amides is 1. The van der Waals surface area contributed by atoms with Crippen LogP contribution in [0.25, 0.3) is 0 Å². The molecule has 1 aromatic heterocycles. The lowest BCUT2D eigenvalue weighted by molar-refractivity contribution is -0.148. The lowest BCUT2D eigenvalue weighted by atomic mass is 10.1. The molecule has 0 saturated carbocycles. The van der Waals surface area contributed by atoms with Gasteiger partial charge in [-0.25, -0.2) is 9.59 Å². The molecule has 0 aliphatic carbocycles. The van der Waals surface area contributed by atoms with E-state index in [9.17, 15) is 14.4 Å². The van der Waals surface area contributed by atoms with Gasteiger partial charge in [-0.2, -0.15) is 0 Å². The van der Waals surface area contributed by atoms with Crippen molar-refractivity contribution in [1.82, 2.24) is 0 Å². The van der Waals surface area contributed by atoms with Gasteiger partial charge in [-0.3, -0.25) is 4.79 Å². The third-order valence-corrected chi connectivity index (χ3v) is 4.84. The molecule has 142 valence electrons. The number of nitrogens with one attached hydrogen (secondary N) is 1. The highest BCUT2D eigenvalue weighted by Crippen LogP contribution is 2.34. The number of esters is 2. The first kappa shape index (κ1) is 19.8. The van der Waals surface area contributed by atoms with Crippen LogP contribution >= 0.6 is 11.3 Å². The Kier molecular flexibility index (Phi) is 7.02. The summed E-state index contributed by atoms with van der Waals surface area (Å²) in [6.45, 7) is 5.79. The summed E-state index contributed by atoms with van der Waals surface area (Å²) in [4.78, 5) is 37.0. The van der Waals surface area contributed by atoms with Crippen molar-refractivity contribution in [3.8, 4) is 0 Å². The lowest BCUT2D eigenvalue weighted by Gasteiger charge is -2.14. The maximum atomic E-state index is 12.2. The third kappa shape index (κ3) is 4.75. The molecule has 0 unspecified atom stereocenters. The summed E-state index contributed by atoms with van der Waals surface area (Å²) in [5.74, 6) is -1.94. The van der Waals surface area contributed by atoms with Crippen molar-refractivity contribution in [2.75, 3.05) is 31.7 Å². The molecule has 0 aromatic carbocycles. The van der Waals surface area contributed by atoms with Crippen molar-refractivity contribution in [3.05, 3.63) is 28.0 Å². The lowest BCUT2D eigenvalue weighted by Crippen LogP contribution is -2.24. The van der Waals surface area contributed by atoms with E-state index in [4.69, 9.17) is 18.9 Å². The second kappa shape index (κ2) is 9.23. The second-order valence-electron chi connectivity index (χ2n) is 5.25. The molecule has 0 saturated heterocycles. The van der Waals surface area contributed by atoms with Crippen LogP contribution in [0.2, 0.25) is 0 Å². The molecule has 0 spiro atoms. The summed E-state index contributed by atoms with van der Waals surface area (Å²) in [6, 6.07) is 0. The summed E-state index contributed by atoms with van der Waals surface area (Å²) in [6.07, 6.45) is 1.87. The van der Waals surface area contributed by atoms with Crippen LogP contribution in [0.3, 0.4) is 0 Å². The number of hydrogen-bond acceptors (Lipinski definition) is 8. The first-order valence-electron chi connectivity index (χ1n) is 8.18. The highest BCUT2D eigenvalue weighted by molar-refractivity contribution is 7.17. The van der Waals surface area contributed by atoms with Crippen molar-refractivity contribution in [3.63, 3.8) is 0 Å². The zero-order chi connectivity index (χ0) is 19.1. The van der Waals surface area contributed by atoms with Crippen LogP contribution in [0, 0.1) is 6.92 Å². The van der Waals surface area contributed by atoms with Crippen LogP contribution in [-0.4, -0.2) is 44.3 Å². The number of anilines is 1. The molecule has 1 N–H and O–H groups in total. The Balaban J connectivity index is 2.02. The summed E-state index contributed by atoms with van der Waals surface area (Å²) in [5.41, 5.74) is 1.11. The van der Waals surface area contributed by atoms with Gasteiger partial charge in [-0.05, 0) is 25.8 Å². The van der Waals surface area contributed by atoms with Gasteiger partial charge < -0.3 is 24.3 Å². The molecule has 0 radical (unpaired) electrons. The van der Waals surface area contributed by atoms with Crippen LogP contribution in [0.4, 0.5) is 5.00 Å². The fourth-order valence-corrected chi connectivity index (χ4v) is 3.42. The number of hydrogen-bond donors (Lipinski definition) is 1. The second-order valence-corrected chi connectivity index (χ2v) is 6.36. The number of thiophene rings is 1. The van der Waals surface area contributed by atoms with E-state index >= 15 is 0 Å². The Hall–Kier alpha value is -2.55. The highest BCUT2D eigenvalue weighted by Gasteiger charge is 2.24. The molecule has 1 amide bonds. The summed E-state index contributed by atoms with van der Waals surface area (Å²) in [7, 11) is 0. The smallest absolute Gasteiger partial charge is 0.377 e.